The average Bonchev–Trinajstić information content (AvgIpc) is 2.68. The molecular weight excluding hydrogens is 210 g/mol. The molecule has 1 saturated carbocycles. The molecule has 0 aliphatic heterocycles. The summed E-state index contributed by atoms with van der Waals surface area (Å²) in [5.41, 5.74) is 2.08. The molecule has 1 aliphatic rings. The Morgan fingerprint density at radius 2 is 2.12 bits per heavy atom. The topological polar surface area (TPSA) is 30.7 Å². The summed E-state index contributed by atoms with van der Waals surface area (Å²) < 4.78 is 2.35. The summed E-state index contributed by atoms with van der Waals surface area (Å²) in [7, 11) is 0. The molecule has 1 fully saturated rings. The summed E-state index contributed by atoms with van der Waals surface area (Å²) >= 11 is 0. The van der Waals surface area contributed by atoms with Crippen molar-refractivity contribution in [1.82, 2.24) is 14.5 Å². The van der Waals surface area contributed by atoms with Crippen molar-refractivity contribution in [3.8, 4) is 0 Å². The molecule has 90 valence electrons. The first-order valence-corrected chi connectivity index (χ1v) is 6.62. The third-order valence-electron chi connectivity index (χ3n) is 3.88. The van der Waals surface area contributed by atoms with Gasteiger partial charge in [0.15, 0.2) is 5.65 Å². The van der Waals surface area contributed by atoms with Crippen LogP contribution < -0.4 is 0 Å². The number of imidazole rings is 1. The van der Waals surface area contributed by atoms with Gasteiger partial charge in [0.1, 0.15) is 5.82 Å². The number of aromatic nitrogens is 3. The van der Waals surface area contributed by atoms with Crippen LogP contribution in [-0.2, 0) is 6.54 Å². The second-order valence-electron chi connectivity index (χ2n) is 5.12. The lowest BCUT2D eigenvalue weighted by atomic mass is 9.89. The van der Waals surface area contributed by atoms with Gasteiger partial charge in [-0.3, -0.25) is 0 Å². The Morgan fingerprint density at radius 1 is 1.29 bits per heavy atom. The Hall–Kier alpha value is -1.38. The summed E-state index contributed by atoms with van der Waals surface area (Å²) in [5.74, 6) is 1.93. The number of fused-ring (bicyclic) bond motifs is 1. The van der Waals surface area contributed by atoms with Gasteiger partial charge in [-0.1, -0.05) is 19.3 Å². The smallest absolute Gasteiger partial charge is 0.177 e. The molecule has 3 heteroatoms. The largest absolute Gasteiger partial charge is 0.327 e. The summed E-state index contributed by atoms with van der Waals surface area (Å²) in [4.78, 5) is 8.85. The van der Waals surface area contributed by atoms with Crippen molar-refractivity contribution in [3.63, 3.8) is 0 Å². The fraction of sp³-hybridized carbons (Fsp3) is 0.571. The number of hydrogen-bond acceptors (Lipinski definition) is 2. The molecule has 0 unspecified atom stereocenters. The van der Waals surface area contributed by atoms with Crippen LogP contribution in [0.1, 0.15) is 37.9 Å². The molecule has 0 amide bonds. The van der Waals surface area contributed by atoms with E-state index < -0.39 is 0 Å². The van der Waals surface area contributed by atoms with Crippen molar-refractivity contribution in [1.29, 1.82) is 0 Å². The van der Waals surface area contributed by atoms with Gasteiger partial charge in [-0.25, -0.2) is 9.97 Å². The maximum Gasteiger partial charge on any atom is 0.177 e. The summed E-state index contributed by atoms with van der Waals surface area (Å²) in [5, 5.41) is 0. The monoisotopic (exact) mass is 229 g/mol. The Balaban J connectivity index is 1.90. The molecule has 0 atom stereocenters. The van der Waals surface area contributed by atoms with Gasteiger partial charge in [-0.15, -0.1) is 0 Å². The number of nitrogens with zero attached hydrogens (tertiary/aromatic N) is 3. The third kappa shape index (κ3) is 2.06. The van der Waals surface area contributed by atoms with E-state index in [0.717, 1.165) is 23.9 Å². The molecule has 2 aromatic rings. The minimum Gasteiger partial charge on any atom is -0.327 e. The van der Waals surface area contributed by atoms with Gasteiger partial charge in [0.2, 0.25) is 0 Å². The Kier molecular flexibility index (Phi) is 2.83. The van der Waals surface area contributed by atoms with Crippen LogP contribution in [0.5, 0.6) is 0 Å². The van der Waals surface area contributed by atoms with Crippen LogP contribution >= 0.6 is 0 Å². The molecule has 0 aromatic carbocycles. The van der Waals surface area contributed by atoms with E-state index >= 15 is 0 Å². The third-order valence-corrected chi connectivity index (χ3v) is 3.88. The van der Waals surface area contributed by atoms with E-state index in [9.17, 15) is 0 Å². The van der Waals surface area contributed by atoms with Crippen LogP contribution in [0.3, 0.4) is 0 Å². The molecule has 17 heavy (non-hydrogen) atoms. The van der Waals surface area contributed by atoms with Crippen molar-refractivity contribution in [2.45, 2.75) is 45.6 Å². The first-order valence-electron chi connectivity index (χ1n) is 6.62. The molecule has 1 aliphatic carbocycles. The minimum absolute atomic E-state index is 0.833. The highest BCUT2D eigenvalue weighted by molar-refractivity contribution is 5.71. The highest BCUT2D eigenvalue weighted by Gasteiger charge is 2.16. The number of aryl methyl sites for hydroxylation is 1. The maximum absolute atomic E-state index is 4.53. The number of rotatable bonds is 2. The Bertz CT molecular complexity index is 509. The van der Waals surface area contributed by atoms with Crippen LogP contribution in [0.25, 0.3) is 11.2 Å². The van der Waals surface area contributed by atoms with Gasteiger partial charge >= 0.3 is 0 Å². The van der Waals surface area contributed by atoms with Gasteiger partial charge in [0.05, 0.1) is 5.52 Å². The van der Waals surface area contributed by atoms with Crippen molar-refractivity contribution in [2.75, 3.05) is 0 Å². The van der Waals surface area contributed by atoms with Gasteiger partial charge < -0.3 is 4.57 Å². The fourth-order valence-electron chi connectivity index (χ4n) is 2.93. The van der Waals surface area contributed by atoms with E-state index in [1.165, 1.54) is 37.6 Å². The van der Waals surface area contributed by atoms with Gasteiger partial charge in [-0.2, -0.15) is 0 Å². The van der Waals surface area contributed by atoms with Gasteiger partial charge in [0, 0.05) is 12.7 Å². The van der Waals surface area contributed by atoms with E-state index in [0.29, 0.717) is 0 Å². The van der Waals surface area contributed by atoms with Crippen LogP contribution in [0.4, 0.5) is 0 Å². The van der Waals surface area contributed by atoms with Crippen molar-refractivity contribution >= 4 is 11.2 Å². The number of hydrogen-bond donors (Lipinski definition) is 0. The van der Waals surface area contributed by atoms with Crippen molar-refractivity contribution < 1.29 is 0 Å². The maximum atomic E-state index is 4.53. The summed E-state index contributed by atoms with van der Waals surface area (Å²) in [6.45, 7) is 3.21. The van der Waals surface area contributed by atoms with Crippen LogP contribution in [0.15, 0.2) is 18.3 Å². The number of pyridine rings is 1. The van der Waals surface area contributed by atoms with E-state index in [4.69, 9.17) is 0 Å². The van der Waals surface area contributed by atoms with E-state index in [-0.39, 0.29) is 0 Å². The molecular formula is C14H19N3. The highest BCUT2D eigenvalue weighted by Crippen LogP contribution is 2.26. The molecule has 0 spiro atoms. The van der Waals surface area contributed by atoms with E-state index in [1.54, 1.807) is 0 Å². The fourth-order valence-corrected chi connectivity index (χ4v) is 2.93. The zero-order chi connectivity index (χ0) is 11.7. The zero-order valence-corrected chi connectivity index (χ0v) is 10.4. The predicted molar refractivity (Wildman–Crippen MR) is 68.8 cm³/mol. The quantitative estimate of drug-likeness (QED) is 0.791. The van der Waals surface area contributed by atoms with Crippen molar-refractivity contribution in [2.24, 2.45) is 5.92 Å². The zero-order valence-electron chi connectivity index (χ0n) is 10.4. The molecule has 0 saturated heterocycles. The van der Waals surface area contributed by atoms with E-state index in [2.05, 4.69) is 27.5 Å². The Morgan fingerprint density at radius 3 is 2.94 bits per heavy atom. The van der Waals surface area contributed by atoms with E-state index in [1.807, 2.05) is 12.3 Å². The lowest BCUT2D eigenvalue weighted by Gasteiger charge is -2.22. The van der Waals surface area contributed by atoms with Crippen LogP contribution in [-0.4, -0.2) is 14.5 Å². The SMILES string of the molecule is Cc1nc2ncccc2n1CC1CCCCC1. The lowest BCUT2D eigenvalue weighted by Crippen LogP contribution is -2.14. The normalized spacial score (nSPS) is 17.7. The predicted octanol–water partition coefficient (Wildman–Crippen LogP) is 3.32. The molecule has 3 rings (SSSR count). The second kappa shape index (κ2) is 4.47. The van der Waals surface area contributed by atoms with Crippen molar-refractivity contribution in [3.05, 3.63) is 24.2 Å². The minimum atomic E-state index is 0.833. The molecule has 3 nitrogen and oxygen atoms in total. The summed E-state index contributed by atoms with van der Waals surface area (Å²) in [6.07, 6.45) is 8.78. The molecule has 2 aromatic heterocycles. The highest BCUT2D eigenvalue weighted by atomic mass is 15.1. The molecule has 0 N–H and O–H groups in total. The average molecular weight is 229 g/mol. The van der Waals surface area contributed by atoms with Crippen LogP contribution in [0, 0.1) is 12.8 Å². The second-order valence-corrected chi connectivity index (χ2v) is 5.12. The molecule has 2 heterocycles. The first kappa shape index (κ1) is 10.8. The first-order chi connectivity index (χ1) is 8.34. The Labute approximate surface area is 102 Å². The van der Waals surface area contributed by atoms with Crippen LogP contribution in [0.2, 0.25) is 0 Å². The van der Waals surface area contributed by atoms with Gasteiger partial charge in [0.25, 0.3) is 0 Å². The lowest BCUT2D eigenvalue weighted by molar-refractivity contribution is 0.320. The van der Waals surface area contributed by atoms with Gasteiger partial charge in [-0.05, 0) is 37.8 Å². The molecule has 0 radical (unpaired) electrons. The summed E-state index contributed by atoms with van der Waals surface area (Å²) in [6, 6.07) is 4.13. The standard InChI is InChI=1S/C14H19N3/c1-11-16-14-13(8-5-9-15-14)17(11)10-12-6-3-2-4-7-12/h5,8-9,12H,2-4,6-7,10H2,1H3. The molecule has 0 bridgehead atoms.